The van der Waals surface area contributed by atoms with Crippen LogP contribution >= 0.6 is 0 Å². The van der Waals surface area contributed by atoms with Gasteiger partial charge in [-0.05, 0) is 19.4 Å². The quantitative estimate of drug-likeness (QED) is 0.563. The van der Waals surface area contributed by atoms with Crippen LogP contribution in [0, 0.1) is 5.82 Å². The molecule has 0 radical (unpaired) electrons. The number of hydrogen-bond acceptors (Lipinski definition) is 6. The van der Waals surface area contributed by atoms with Crippen molar-refractivity contribution in [3.05, 3.63) is 37.1 Å². The van der Waals surface area contributed by atoms with E-state index < -0.39 is 5.82 Å². The van der Waals surface area contributed by atoms with Crippen LogP contribution in [0.15, 0.2) is 31.2 Å². The second-order valence-corrected chi connectivity index (χ2v) is 6.58. The van der Waals surface area contributed by atoms with Crippen molar-refractivity contribution in [2.45, 2.75) is 25.9 Å². The highest BCUT2D eigenvalue weighted by molar-refractivity contribution is 5.89. The van der Waals surface area contributed by atoms with Crippen LogP contribution < -0.4 is 10.6 Å². The van der Waals surface area contributed by atoms with Crippen LogP contribution in [-0.2, 0) is 11.3 Å². The Morgan fingerprint density at radius 1 is 1.50 bits per heavy atom. The lowest BCUT2D eigenvalue weighted by atomic mass is 10.2. The van der Waals surface area contributed by atoms with Gasteiger partial charge in [0.2, 0.25) is 11.9 Å². The van der Waals surface area contributed by atoms with E-state index in [1.165, 1.54) is 12.3 Å². The van der Waals surface area contributed by atoms with Gasteiger partial charge >= 0.3 is 0 Å². The summed E-state index contributed by atoms with van der Waals surface area (Å²) in [7, 11) is 0. The minimum atomic E-state index is -0.431. The average molecular weight is 384 g/mol. The van der Waals surface area contributed by atoms with E-state index >= 15 is 0 Å². The van der Waals surface area contributed by atoms with Crippen LogP contribution in [0.4, 0.5) is 21.8 Å². The van der Waals surface area contributed by atoms with E-state index in [1.807, 2.05) is 13.1 Å². The second-order valence-electron chi connectivity index (χ2n) is 6.58. The number of aromatic nitrogens is 5. The molecule has 4 rings (SSSR count). The Kier molecular flexibility index (Phi) is 4.68. The van der Waals surface area contributed by atoms with Gasteiger partial charge in [0.25, 0.3) is 0 Å². The highest BCUT2D eigenvalue weighted by Gasteiger charge is 2.26. The topological polar surface area (TPSA) is 104 Å². The molecule has 1 unspecified atom stereocenters. The maximum Gasteiger partial charge on any atom is 0.246 e. The van der Waals surface area contributed by atoms with Gasteiger partial charge in [-0.3, -0.25) is 9.48 Å². The molecular weight excluding hydrogens is 363 g/mol. The van der Waals surface area contributed by atoms with Gasteiger partial charge in [0.15, 0.2) is 5.82 Å². The molecule has 146 valence electrons. The molecule has 10 heteroatoms. The van der Waals surface area contributed by atoms with Crippen molar-refractivity contribution in [1.29, 1.82) is 0 Å². The van der Waals surface area contributed by atoms with Gasteiger partial charge in [-0.2, -0.15) is 15.1 Å². The largest absolute Gasteiger partial charge is 0.365 e. The number of likely N-dealkylation sites (tertiary alicyclic amines) is 1. The molecule has 1 fully saturated rings. The fraction of sp³-hybridized carbons (Fsp3) is 0.333. The molecule has 4 heterocycles. The van der Waals surface area contributed by atoms with Gasteiger partial charge in [0.1, 0.15) is 11.5 Å². The molecule has 1 aliphatic heterocycles. The van der Waals surface area contributed by atoms with E-state index in [9.17, 15) is 9.18 Å². The van der Waals surface area contributed by atoms with Crippen molar-refractivity contribution < 1.29 is 9.18 Å². The highest BCUT2D eigenvalue weighted by atomic mass is 19.1. The number of fused-ring (bicyclic) bond motifs is 1. The SMILES string of the molecule is C=CC(=O)N1CCC(Nc2nc(Nc3cnn(CC)c3)nc3[nH]cc(F)c23)C1. The van der Waals surface area contributed by atoms with Crippen molar-refractivity contribution in [3.63, 3.8) is 0 Å². The summed E-state index contributed by atoms with van der Waals surface area (Å²) in [5, 5.41) is 10.9. The lowest BCUT2D eigenvalue weighted by molar-refractivity contribution is -0.125. The Morgan fingerprint density at radius 3 is 3.11 bits per heavy atom. The summed E-state index contributed by atoms with van der Waals surface area (Å²) in [5.41, 5.74) is 1.13. The van der Waals surface area contributed by atoms with Gasteiger partial charge in [-0.25, -0.2) is 4.39 Å². The number of nitrogens with zero attached hydrogens (tertiary/aromatic N) is 5. The maximum absolute atomic E-state index is 14.3. The number of anilines is 3. The standard InChI is InChI=1S/C18H21FN8O/c1-3-14(28)26-6-5-11(9-26)22-17-15-13(19)8-20-16(15)24-18(25-17)23-12-7-21-27(4-2)10-12/h3,7-8,10-11H,1,4-6,9H2,2H3,(H3,20,22,23,24,25). The molecule has 3 N–H and O–H groups in total. The number of amides is 1. The number of aryl methyl sites for hydroxylation is 1. The van der Waals surface area contributed by atoms with Crippen LogP contribution in [0.5, 0.6) is 0 Å². The highest BCUT2D eigenvalue weighted by Crippen LogP contribution is 2.27. The molecular formula is C18H21FN8O. The van der Waals surface area contributed by atoms with Crippen molar-refractivity contribution in [3.8, 4) is 0 Å². The first-order valence-electron chi connectivity index (χ1n) is 9.09. The monoisotopic (exact) mass is 384 g/mol. The molecule has 3 aromatic rings. The van der Waals surface area contributed by atoms with E-state index in [0.29, 0.717) is 35.9 Å². The van der Waals surface area contributed by atoms with Crippen molar-refractivity contribution >= 4 is 34.4 Å². The van der Waals surface area contributed by atoms with Crippen LogP contribution in [0.2, 0.25) is 0 Å². The molecule has 0 saturated carbocycles. The van der Waals surface area contributed by atoms with E-state index in [-0.39, 0.29) is 11.9 Å². The zero-order valence-electron chi connectivity index (χ0n) is 15.4. The van der Waals surface area contributed by atoms with Gasteiger partial charge < -0.3 is 20.5 Å². The fourth-order valence-electron chi connectivity index (χ4n) is 3.29. The number of halogens is 1. The normalized spacial score (nSPS) is 16.5. The molecule has 1 saturated heterocycles. The summed E-state index contributed by atoms with van der Waals surface area (Å²) in [4.78, 5) is 25.1. The second kappa shape index (κ2) is 7.29. The molecule has 0 aromatic carbocycles. The van der Waals surface area contributed by atoms with E-state index in [1.54, 1.807) is 15.8 Å². The fourth-order valence-corrected chi connectivity index (χ4v) is 3.29. The number of aromatic amines is 1. The van der Waals surface area contributed by atoms with Gasteiger partial charge in [0, 0.05) is 38.1 Å². The summed E-state index contributed by atoms with van der Waals surface area (Å²) in [6.07, 6.45) is 6.81. The summed E-state index contributed by atoms with van der Waals surface area (Å²) in [5.74, 6) is 0.164. The van der Waals surface area contributed by atoms with Gasteiger partial charge in [-0.1, -0.05) is 6.58 Å². The van der Waals surface area contributed by atoms with Crippen molar-refractivity contribution in [2.24, 2.45) is 0 Å². The third-order valence-electron chi connectivity index (χ3n) is 4.71. The maximum atomic E-state index is 14.3. The molecule has 28 heavy (non-hydrogen) atoms. The van der Waals surface area contributed by atoms with Crippen LogP contribution in [0.25, 0.3) is 11.0 Å². The third kappa shape index (κ3) is 3.40. The molecule has 0 spiro atoms. The van der Waals surface area contributed by atoms with Crippen LogP contribution in [-0.4, -0.2) is 54.7 Å². The molecule has 1 amide bonds. The molecule has 0 bridgehead atoms. The lowest BCUT2D eigenvalue weighted by Crippen LogP contribution is -2.30. The first kappa shape index (κ1) is 18.0. The number of hydrogen-bond donors (Lipinski definition) is 3. The smallest absolute Gasteiger partial charge is 0.246 e. The van der Waals surface area contributed by atoms with Gasteiger partial charge in [-0.15, -0.1) is 0 Å². The number of nitrogens with one attached hydrogen (secondary N) is 3. The predicted molar refractivity (Wildman–Crippen MR) is 104 cm³/mol. The van der Waals surface area contributed by atoms with Crippen molar-refractivity contribution in [2.75, 3.05) is 23.7 Å². The lowest BCUT2D eigenvalue weighted by Gasteiger charge is -2.16. The van der Waals surface area contributed by atoms with Gasteiger partial charge in [0.05, 0.1) is 17.3 Å². The van der Waals surface area contributed by atoms with E-state index in [4.69, 9.17) is 0 Å². The zero-order valence-corrected chi connectivity index (χ0v) is 15.4. The first-order valence-corrected chi connectivity index (χ1v) is 9.09. The summed E-state index contributed by atoms with van der Waals surface area (Å²) in [6.45, 7) is 7.38. The van der Waals surface area contributed by atoms with Crippen LogP contribution in [0.1, 0.15) is 13.3 Å². The Morgan fingerprint density at radius 2 is 2.36 bits per heavy atom. The Balaban J connectivity index is 1.60. The number of carbonyl (C=O) groups excluding carboxylic acids is 1. The number of carbonyl (C=O) groups is 1. The summed E-state index contributed by atoms with van der Waals surface area (Å²) < 4.78 is 16.1. The average Bonchev–Trinajstić information content (AvgIpc) is 3.42. The van der Waals surface area contributed by atoms with E-state index in [0.717, 1.165) is 18.7 Å². The molecule has 0 aliphatic carbocycles. The van der Waals surface area contributed by atoms with Crippen molar-refractivity contribution in [1.82, 2.24) is 29.6 Å². The number of H-pyrrole nitrogens is 1. The Bertz CT molecular complexity index is 1030. The molecule has 9 nitrogen and oxygen atoms in total. The molecule has 3 aromatic heterocycles. The predicted octanol–water partition coefficient (Wildman–Crippen LogP) is 2.26. The number of rotatable bonds is 6. The third-order valence-corrected chi connectivity index (χ3v) is 4.71. The molecule has 1 atom stereocenters. The zero-order chi connectivity index (χ0) is 19.7. The minimum absolute atomic E-state index is 0.0352. The Hall–Kier alpha value is -3.43. The summed E-state index contributed by atoms with van der Waals surface area (Å²) in [6, 6.07) is -0.0352. The Labute approximate surface area is 160 Å². The summed E-state index contributed by atoms with van der Waals surface area (Å²) >= 11 is 0. The first-order chi connectivity index (χ1) is 13.6. The molecule has 1 aliphatic rings. The van der Waals surface area contributed by atoms with Crippen LogP contribution in [0.3, 0.4) is 0 Å². The van der Waals surface area contributed by atoms with E-state index in [2.05, 4.69) is 37.3 Å². The minimum Gasteiger partial charge on any atom is -0.365 e.